The summed E-state index contributed by atoms with van der Waals surface area (Å²) in [6.45, 7) is 9.84. The summed E-state index contributed by atoms with van der Waals surface area (Å²) in [6.07, 6.45) is 6.95. The predicted molar refractivity (Wildman–Crippen MR) is 73.2 cm³/mol. The van der Waals surface area contributed by atoms with Crippen LogP contribution in [0.15, 0.2) is 0 Å². The van der Waals surface area contributed by atoms with Crippen molar-refractivity contribution in [1.82, 2.24) is 0 Å². The molecule has 0 aromatic rings. The quantitative estimate of drug-likeness (QED) is 0.507. The molecule has 0 heterocycles. The molecule has 0 aromatic carbocycles. The van der Waals surface area contributed by atoms with E-state index in [1.807, 2.05) is 13.8 Å². The van der Waals surface area contributed by atoms with Crippen molar-refractivity contribution in [2.45, 2.75) is 66.2 Å². The highest BCUT2D eigenvalue weighted by Crippen LogP contribution is 2.09. The standard InChI is InChI=1S/C15H30O2/c1-13(2)9-7-5-6-8-11-17-12-10-15(16)14(3)4/h13-14H,5-12H2,1-4H3. The van der Waals surface area contributed by atoms with Gasteiger partial charge in [0.05, 0.1) is 6.61 Å². The first kappa shape index (κ1) is 16.6. The van der Waals surface area contributed by atoms with Gasteiger partial charge in [0, 0.05) is 18.9 Å². The molecule has 0 aliphatic rings. The van der Waals surface area contributed by atoms with E-state index < -0.39 is 0 Å². The molecule has 0 atom stereocenters. The molecule has 102 valence electrons. The number of rotatable bonds is 11. The lowest BCUT2D eigenvalue weighted by atomic mass is 10.0. The fraction of sp³-hybridized carbons (Fsp3) is 0.933. The van der Waals surface area contributed by atoms with Crippen molar-refractivity contribution >= 4 is 5.78 Å². The summed E-state index contributed by atoms with van der Waals surface area (Å²) in [4.78, 5) is 11.3. The maximum absolute atomic E-state index is 11.3. The summed E-state index contributed by atoms with van der Waals surface area (Å²) in [7, 11) is 0. The molecule has 0 saturated heterocycles. The van der Waals surface area contributed by atoms with Crippen LogP contribution < -0.4 is 0 Å². The Kier molecular flexibility index (Phi) is 10.5. The van der Waals surface area contributed by atoms with Gasteiger partial charge in [-0.3, -0.25) is 4.79 Å². The molecule has 0 rings (SSSR count). The molecule has 0 fully saturated rings. The van der Waals surface area contributed by atoms with E-state index in [2.05, 4.69) is 13.8 Å². The predicted octanol–water partition coefficient (Wildman–Crippen LogP) is 4.22. The molecule has 0 N–H and O–H groups in total. The number of Topliss-reactive ketones (excluding diaryl/α,β-unsaturated/α-hetero) is 1. The Bertz CT molecular complexity index is 185. The summed E-state index contributed by atoms with van der Waals surface area (Å²) >= 11 is 0. The topological polar surface area (TPSA) is 26.3 Å². The Morgan fingerprint density at radius 2 is 1.59 bits per heavy atom. The number of carbonyl (C=O) groups excluding carboxylic acids is 1. The van der Waals surface area contributed by atoms with Crippen molar-refractivity contribution in [2.24, 2.45) is 11.8 Å². The van der Waals surface area contributed by atoms with Crippen molar-refractivity contribution < 1.29 is 9.53 Å². The van der Waals surface area contributed by atoms with Crippen LogP contribution in [0.3, 0.4) is 0 Å². The average Bonchev–Trinajstić information content (AvgIpc) is 2.25. The van der Waals surface area contributed by atoms with Crippen LogP contribution in [-0.4, -0.2) is 19.0 Å². The maximum Gasteiger partial charge on any atom is 0.137 e. The smallest absolute Gasteiger partial charge is 0.137 e. The molecule has 0 bridgehead atoms. The van der Waals surface area contributed by atoms with Crippen LogP contribution in [-0.2, 0) is 9.53 Å². The third-order valence-electron chi connectivity index (χ3n) is 2.96. The molecule has 0 aliphatic heterocycles. The normalized spacial score (nSPS) is 11.4. The summed E-state index contributed by atoms with van der Waals surface area (Å²) < 4.78 is 5.46. The second-order valence-corrected chi connectivity index (χ2v) is 5.58. The van der Waals surface area contributed by atoms with Gasteiger partial charge in [0.2, 0.25) is 0 Å². The van der Waals surface area contributed by atoms with E-state index in [1.54, 1.807) is 0 Å². The van der Waals surface area contributed by atoms with Crippen LogP contribution in [0, 0.1) is 11.8 Å². The van der Waals surface area contributed by atoms with Gasteiger partial charge in [-0.25, -0.2) is 0 Å². The molecule has 17 heavy (non-hydrogen) atoms. The van der Waals surface area contributed by atoms with E-state index in [1.165, 1.54) is 25.7 Å². The van der Waals surface area contributed by atoms with Gasteiger partial charge in [-0.1, -0.05) is 53.4 Å². The second kappa shape index (κ2) is 10.8. The van der Waals surface area contributed by atoms with Gasteiger partial charge >= 0.3 is 0 Å². The zero-order valence-corrected chi connectivity index (χ0v) is 12.1. The van der Waals surface area contributed by atoms with E-state index in [0.29, 0.717) is 18.8 Å². The van der Waals surface area contributed by atoms with Gasteiger partial charge in [-0.15, -0.1) is 0 Å². The van der Waals surface area contributed by atoms with Crippen molar-refractivity contribution in [2.75, 3.05) is 13.2 Å². The summed E-state index contributed by atoms with van der Waals surface area (Å²) in [5, 5.41) is 0. The summed E-state index contributed by atoms with van der Waals surface area (Å²) in [6, 6.07) is 0. The van der Waals surface area contributed by atoms with Crippen molar-refractivity contribution in [3.05, 3.63) is 0 Å². The molecule has 2 nitrogen and oxygen atoms in total. The monoisotopic (exact) mass is 242 g/mol. The third kappa shape index (κ3) is 11.9. The molecule has 0 aliphatic carbocycles. The lowest BCUT2D eigenvalue weighted by Gasteiger charge is -2.06. The van der Waals surface area contributed by atoms with Gasteiger partial charge in [0.25, 0.3) is 0 Å². The van der Waals surface area contributed by atoms with Crippen LogP contribution in [0.1, 0.15) is 66.2 Å². The van der Waals surface area contributed by atoms with E-state index in [0.717, 1.165) is 18.9 Å². The lowest BCUT2D eigenvalue weighted by molar-refractivity contribution is -0.122. The highest BCUT2D eigenvalue weighted by atomic mass is 16.5. The molecule has 0 saturated carbocycles. The van der Waals surface area contributed by atoms with Gasteiger partial charge in [-0.05, 0) is 12.3 Å². The first-order chi connectivity index (χ1) is 8.04. The number of unbranched alkanes of at least 4 members (excludes halogenated alkanes) is 3. The zero-order chi connectivity index (χ0) is 13.1. The van der Waals surface area contributed by atoms with E-state index in [-0.39, 0.29) is 5.92 Å². The summed E-state index contributed by atoms with van der Waals surface area (Å²) in [5.41, 5.74) is 0. The largest absolute Gasteiger partial charge is 0.381 e. The van der Waals surface area contributed by atoms with Crippen LogP contribution >= 0.6 is 0 Å². The third-order valence-corrected chi connectivity index (χ3v) is 2.96. The SMILES string of the molecule is CC(C)CCCCCCOCCC(=O)C(C)C. The molecular weight excluding hydrogens is 212 g/mol. The van der Waals surface area contributed by atoms with E-state index in [4.69, 9.17) is 4.74 Å². The lowest BCUT2D eigenvalue weighted by Crippen LogP contribution is -2.10. The Morgan fingerprint density at radius 3 is 2.18 bits per heavy atom. The first-order valence-electron chi connectivity index (χ1n) is 7.14. The van der Waals surface area contributed by atoms with Crippen LogP contribution in [0.4, 0.5) is 0 Å². The molecule has 0 aromatic heterocycles. The van der Waals surface area contributed by atoms with Gasteiger partial charge in [-0.2, -0.15) is 0 Å². The number of hydrogen-bond donors (Lipinski definition) is 0. The highest BCUT2D eigenvalue weighted by Gasteiger charge is 2.05. The number of ketones is 1. The number of carbonyl (C=O) groups is 1. The molecule has 0 spiro atoms. The fourth-order valence-electron chi connectivity index (χ4n) is 1.67. The minimum atomic E-state index is 0.148. The Morgan fingerprint density at radius 1 is 0.941 bits per heavy atom. The van der Waals surface area contributed by atoms with Gasteiger partial charge in [0.15, 0.2) is 0 Å². The van der Waals surface area contributed by atoms with Crippen molar-refractivity contribution in [1.29, 1.82) is 0 Å². The Balaban J connectivity index is 3.11. The van der Waals surface area contributed by atoms with Crippen LogP contribution in [0.25, 0.3) is 0 Å². The highest BCUT2D eigenvalue weighted by molar-refractivity contribution is 5.80. The first-order valence-corrected chi connectivity index (χ1v) is 7.14. The molecular formula is C15H30O2. The minimum absolute atomic E-state index is 0.148. The van der Waals surface area contributed by atoms with Gasteiger partial charge < -0.3 is 4.74 Å². The molecule has 2 heteroatoms. The van der Waals surface area contributed by atoms with Gasteiger partial charge in [0.1, 0.15) is 5.78 Å². The minimum Gasteiger partial charge on any atom is -0.381 e. The number of hydrogen-bond acceptors (Lipinski definition) is 2. The van der Waals surface area contributed by atoms with Crippen LogP contribution in [0.2, 0.25) is 0 Å². The maximum atomic E-state index is 11.3. The van der Waals surface area contributed by atoms with E-state index in [9.17, 15) is 4.79 Å². The molecule has 0 unspecified atom stereocenters. The summed E-state index contributed by atoms with van der Waals surface area (Å²) in [5.74, 6) is 1.28. The second-order valence-electron chi connectivity index (χ2n) is 5.58. The molecule has 0 amide bonds. The fourth-order valence-corrected chi connectivity index (χ4v) is 1.67. The van der Waals surface area contributed by atoms with Crippen LogP contribution in [0.5, 0.6) is 0 Å². The average molecular weight is 242 g/mol. The molecule has 0 radical (unpaired) electrons. The zero-order valence-electron chi connectivity index (χ0n) is 12.1. The van der Waals surface area contributed by atoms with E-state index >= 15 is 0 Å². The van der Waals surface area contributed by atoms with Crippen molar-refractivity contribution in [3.63, 3.8) is 0 Å². The Hall–Kier alpha value is -0.370. The number of ether oxygens (including phenoxy) is 1. The van der Waals surface area contributed by atoms with Crippen molar-refractivity contribution in [3.8, 4) is 0 Å². The Labute approximate surface area is 107 Å².